The summed E-state index contributed by atoms with van der Waals surface area (Å²) in [7, 11) is 0. The molecule has 0 aromatic heterocycles. The number of nitrogens with one attached hydrogen (secondary N) is 1. The van der Waals surface area contributed by atoms with E-state index in [0.717, 1.165) is 12.1 Å². The van der Waals surface area contributed by atoms with E-state index < -0.39 is 0 Å². The number of likely N-dealkylation sites (tertiary alicyclic amines) is 1. The number of hydrogen-bond donors (Lipinski definition) is 1. The predicted octanol–water partition coefficient (Wildman–Crippen LogP) is 2.25. The normalized spacial score (nSPS) is 25.5. The van der Waals surface area contributed by atoms with Crippen molar-refractivity contribution < 1.29 is 0 Å². The van der Waals surface area contributed by atoms with Gasteiger partial charge in [-0.25, -0.2) is 0 Å². The monoisotopic (exact) mass is 198 g/mol. The van der Waals surface area contributed by atoms with Gasteiger partial charge in [0.05, 0.1) is 0 Å². The second-order valence-corrected chi connectivity index (χ2v) is 4.50. The van der Waals surface area contributed by atoms with Crippen molar-refractivity contribution in [2.45, 2.75) is 58.5 Å². The summed E-state index contributed by atoms with van der Waals surface area (Å²) >= 11 is 0. The molecule has 0 aliphatic carbocycles. The quantitative estimate of drug-likeness (QED) is 0.659. The zero-order chi connectivity index (χ0) is 10.4. The maximum absolute atomic E-state index is 3.54. The molecule has 0 saturated carbocycles. The highest BCUT2D eigenvalue weighted by Gasteiger charge is 2.25. The predicted molar refractivity (Wildman–Crippen MR) is 62.6 cm³/mol. The summed E-state index contributed by atoms with van der Waals surface area (Å²) in [6.07, 6.45) is 5.31. The Kier molecular flexibility index (Phi) is 5.49. The largest absolute Gasteiger partial charge is 0.315 e. The smallest absolute Gasteiger partial charge is 0.0220 e. The molecule has 2 unspecified atom stereocenters. The van der Waals surface area contributed by atoms with E-state index in [1.807, 2.05) is 0 Å². The van der Waals surface area contributed by atoms with Crippen LogP contribution in [0.1, 0.15) is 46.5 Å². The minimum atomic E-state index is 0.763. The minimum Gasteiger partial charge on any atom is -0.315 e. The molecule has 2 heteroatoms. The van der Waals surface area contributed by atoms with Crippen LogP contribution in [0.2, 0.25) is 0 Å². The van der Waals surface area contributed by atoms with Gasteiger partial charge in [-0.2, -0.15) is 0 Å². The zero-order valence-corrected chi connectivity index (χ0v) is 10.1. The molecule has 0 spiro atoms. The van der Waals surface area contributed by atoms with Gasteiger partial charge in [0.25, 0.3) is 0 Å². The van der Waals surface area contributed by atoms with Gasteiger partial charge in [0.1, 0.15) is 0 Å². The highest BCUT2D eigenvalue weighted by Crippen LogP contribution is 2.20. The number of hydrogen-bond acceptors (Lipinski definition) is 2. The highest BCUT2D eigenvalue weighted by molar-refractivity contribution is 4.82. The van der Waals surface area contributed by atoms with E-state index in [0.29, 0.717) is 0 Å². The summed E-state index contributed by atoms with van der Waals surface area (Å²) in [5, 5.41) is 3.54. The average molecular weight is 198 g/mol. The Morgan fingerprint density at radius 3 is 2.71 bits per heavy atom. The van der Waals surface area contributed by atoms with Gasteiger partial charge in [0, 0.05) is 18.6 Å². The lowest BCUT2D eigenvalue weighted by Gasteiger charge is -2.30. The fourth-order valence-electron chi connectivity index (χ4n) is 2.44. The van der Waals surface area contributed by atoms with Gasteiger partial charge in [-0.3, -0.25) is 4.90 Å². The van der Waals surface area contributed by atoms with Gasteiger partial charge in [-0.05, 0) is 45.7 Å². The van der Waals surface area contributed by atoms with Gasteiger partial charge < -0.3 is 5.32 Å². The van der Waals surface area contributed by atoms with Crippen molar-refractivity contribution in [3.63, 3.8) is 0 Å². The molecular formula is C12H26N2. The van der Waals surface area contributed by atoms with Gasteiger partial charge in [0.15, 0.2) is 0 Å². The second-order valence-electron chi connectivity index (χ2n) is 4.50. The summed E-state index contributed by atoms with van der Waals surface area (Å²) in [6.45, 7) is 10.6. The summed E-state index contributed by atoms with van der Waals surface area (Å²) in [5.74, 6) is 0. The molecule has 2 atom stereocenters. The summed E-state index contributed by atoms with van der Waals surface area (Å²) in [6, 6.07) is 1.57. The van der Waals surface area contributed by atoms with Crippen molar-refractivity contribution in [3.05, 3.63) is 0 Å². The molecule has 1 aliphatic heterocycles. The SMILES string of the molecule is CCCNCC(CC)N1CCCC1C. The zero-order valence-electron chi connectivity index (χ0n) is 10.1. The van der Waals surface area contributed by atoms with E-state index in [1.165, 1.54) is 45.3 Å². The van der Waals surface area contributed by atoms with Crippen LogP contribution in [0.5, 0.6) is 0 Å². The molecule has 0 aromatic carbocycles. The van der Waals surface area contributed by atoms with Gasteiger partial charge in [0.2, 0.25) is 0 Å². The topological polar surface area (TPSA) is 15.3 Å². The van der Waals surface area contributed by atoms with Crippen LogP contribution in [0, 0.1) is 0 Å². The maximum Gasteiger partial charge on any atom is 0.0220 e. The van der Waals surface area contributed by atoms with Crippen LogP contribution in [0.25, 0.3) is 0 Å². The second kappa shape index (κ2) is 6.41. The van der Waals surface area contributed by atoms with Crippen molar-refractivity contribution in [2.24, 2.45) is 0 Å². The van der Waals surface area contributed by atoms with Gasteiger partial charge in [-0.15, -0.1) is 0 Å². The lowest BCUT2D eigenvalue weighted by molar-refractivity contribution is 0.181. The van der Waals surface area contributed by atoms with E-state index in [2.05, 4.69) is 31.0 Å². The molecule has 1 fully saturated rings. The van der Waals surface area contributed by atoms with E-state index in [1.54, 1.807) is 0 Å². The van der Waals surface area contributed by atoms with E-state index in [9.17, 15) is 0 Å². The molecule has 1 aliphatic rings. The van der Waals surface area contributed by atoms with Crippen LogP contribution in [0.4, 0.5) is 0 Å². The maximum atomic E-state index is 3.54. The average Bonchev–Trinajstić information content (AvgIpc) is 2.60. The fraction of sp³-hybridized carbons (Fsp3) is 1.00. The Bertz CT molecular complexity index is 147. The molecule has 0 radical (unpaired) electrons. The highest BCUT2D eigenvalue weighted by atomic mass is 15.2. The summed E-state index contributed by atoms with van der Waals surface area (Å²) < 4.78 is 0. The van der Waals surface area contributed by atoms with Crippen LogP contribution in [0.15, 0.2) is 0 Å². The first-order valence-electron chi connectivity index (χ1n) is 6.26. The van der Waals surface area contributed by atoms with Gasteiger partial charge in [-0.1, -0.05) is 13.8 Å². The van der Waals surface area contributed by atoms with Crippen LogP contribution < -0.4 is 5.32 Å². The lowest BCUT2D eigenvalue weighted by Crippen LogP contribution is -2.43. The first-order chi connectivity index (χ1) is 6.79. The number of rotatable bonds is 6. The van der Waals surface area contributed by atoms with Crippen molar-refractivity contribution in [1.29, 1.82) is 0 Å². The molecule has 1 heterocycles. The molecule has 1 N–H and O–H groups in total. The first kappa shape index (κ1) is 12.0. The van der Waals surface area contributed by atoms with E-state index in [-0.39, 0.29) is 0 Å². The Morgan fingerprint density at radius 2 is 2.21 bits per heavy atom. The van der Waals surface area contributed by atoms with Crippen LogP contribution in [-0.4, -0.2) is 36.6 Å². The Morgan fingerprint density at radius 1 is 1.43 bits per heavy atom. The van der Waals surface area contributed by atoms with Crippen molar-refractivity contribution in [2.75, 3.05) is 19.6 Å². The molecular weight excluding hydrogens is 172 g/mol. The first-order valence-corrected chi connectivity index (χ1v) is 6.26. The third kappa shape index (κ3) is 3.25. The van der Waals surface area contributed by atoms with Crippen molar-refractivity contribution >= 4 is 0 Å². The Balaban J connectivity index is 2.29. The Labute approximate surface area is 89.1 Å². The molecule has 84 valence electrons. The van der Waals surface area contributed by atoms with Crippen LogP contribution in [-0.2, 0) is 0 Å². The molecule has 1 rings (SSSR count). The molecule has 0 bridgehead atoms. The van der Waals surface area contributed by atoms with Gasteiger partial charge >= 0.3 is 0 Å². The number of nitrogens with zero attached hydrogens (tertiary/aromatic N) is 1. The molecule has 1 saturated heterocycles. The fourth-order valence-corrected chi connectivity index (χ4v) is 2.44. The molecule has 2 nitrogen and oxygen atoms in total. The summed E-state index contributed by atoms with van der Waals surface area (Å²) in [4.78, 5) is 2.68. The lowest BCUT2D eigenvalue weighted by atomic mass is 10.1. The van der Waals surface area contributed by atoms with Crippen molar-refractivity contribution in [1.82, 2.24) is 10.2 Å². The molecule has 0 aromatic rings. The van der Waals surface area contributed by atoms with Crippen molar-refractivity contribution in [3.8, 4) is 0 Å². The third-order valence-corrected chi connectivity index (χ3v) is 3.35. The van der Waals surface area contributed by atoms with E-state index in [4.69, 9.17) is 0 Å². The summed E-state index contributed by atoms with van der Waals surface area (Å²) in [5.41, 5.74) is 0. The third-order valence-electron chi connectivity index (χ3n) is 3.35. The minimum absolute atomic E-state index is 0.763. The standard InChI is InChI=1S/C12H26N2/c1-4-8-13-10-12(5-2)14-9-6-7-11(14)3/h11-13H,4-10H2,1-3H3. The van der Waals surface area contributed by atoms with Crippen LogP contribution >= 0.6 is 0 Å². The molecule has 14 heavy (non-hydrogen) atoms. The van der Waals surface area contributed by atoms with Crippen LogP contribution in [0.3, 0.4) is 0 Å². The molecule has 0 amide bonds. The van der Waals surface area contributed by atoms with E-state index >= 15 is 0 Å². The Hall–Kier alpha value is -0.0800.